The zero-order valence-electron chi connectivity index (χ0n) is 14.9. The number of amides is 1. The average molecular weight is 443 g/mol. The lowest BCUT2D eigenvalue weighted by atomic mass is 10.1. The van der Waals surface area contributed by atoms with Crippen LogP contribution in [0.2, 0.25) is 0 Å². The Balaban J connectivity index is 1.84. The minimum absolute atomic E-state index is 0.133. The highest BCUT2D eigenvalue weighted by molar-refractivity contribution is 9.10. The van der Waals surface area contributed by atoms with Gasteiger partial charge in [-0.25, -0.2) is 5.01 Å². The predicted molar refractivity (Wildman–Crippen MR) is 112 cm³/mol. The van der Waals surface area contributed by atoms with E-state index in [0.29, 0.717) is 10.9 Å². The lowest BCUT2D eigenvalue weighted by molar-refractivity contribution is -0.116. The van der Waals surface area contributed by atoms with Crippen molar-refractivity contribution in [2.24, 2.45) is 10.1 Å². The summed E-state index contributed by atoms with van der Waals surface area (Å²) in [6.45, 7) is 2.15. The molecule has 1 atom stereocenters. The number of unbranched alkanes of at least 4 members (excludes halogenated alkanes) is 1. The highest BCUT2D eigenvalue weighted by Crippen LogP contribution is 2.31. The van der Waals surface area contributed by atoms with E-state index >= 15 is 0 Å². The molecule has 0 spiro atoms. The Hall–Kier alpha value is -2.12. The van der Waals surface area contributed by atoms with Crippen LogP contribution >= 0.6 is 27.7 Å². The number of hydrazone groups is 1. The zero-order valence-corrected chi connectivity index (χ0v) is 17.3. The van der Waals surface area contributed by atoms with Crippen LogP contribution in [0.15, 0.2) is 63.1 Å². The minimum atomic E-state index is -0.375. The van der Waals surface area contributed by atoms with Gasteiger partial charge in [-0.1, -0.05) is 71.4 Å². The predicted octanol–water partition coefficient (Wildman–Crippen LogP) is 3.13. The third-order valence-electron chi connectivity index (χ3n) is 4.40. The first-order valence-electron chi connectivity index (χ1n) is 8.92. The summed E-state index contributed by atoms with van der Waals surface area (Å²) in [5, 5.41) is 11.7. The second-order valence-corrected chi connectivity index (χ2v) is 8.33. The van der Waals surface area contributed by atoms with Gasteiger partial charge in [0.05, 0.1) is 5.36 Å². The summed E-state index contributed by atoms with van der Waals surface area (Å²) in [4.78, 5) is 17.8. The number of carbonyl (C=O) groups is 1. The molecule has 0 bridgehead atoms. The van der Waals surface area contributed by atoms with Crippen molar-refractivity contribution in [3.05, 3.63) is 69.1 Å². The van der Waals surface area contributed by atoms with Crippen molar-refractivity contribution in [1.82, 2.24) is 10.3 Å². The quantitative estimate of drug-likeness (QED) is 0.739. The van der Waals surface area contributed by atoms with E-state index in [4.69, 9.17) is 10.1 Å². The molecule has 0 aromatic heterocycles. The van der Waals surface area contributed by atoms with Gasteiger partial charge in [0.1, 0.15) is 5.70 Å². The normalized spacial score (nSPS) is 18.2. The van der Waals surface area contributed by atoms with Gasteiger partial charge in [-0.15, -0.1) is 5.10 Å². The van der Waals surface area contributed by atoms with Gasteiger partial charge in [0, 0.05) is 15.4 Å². The molecule has 2 aromatic rings. The third kappa shape index (κ3) is 3.66. The zero-order chi connectivity index (χ0) is 18.8. The maximum Gasteiger partial charge on any atom is 0.276 e. The highest BCUT2D eigenvalue weighted by Gasteiger charge is 2.34. The van der Waals surface area contributed by atoms with Gasteiger partial charge in [0.25, 0.3) is 5.91 Å². The van der Waals surface area contributed by atoms with Gasteiger partial charge in [-0.3, -0.25) is 15.1 Å². The Bertz CT molecular complexity index is 1040. The lowest BCUT2D eigenvalue weighted by Crippen LogP contribution is -2.50. The van der Waals surface area contributed by atoms with Crippen LogP contribution < -0.4 is 15.9 Å². The summed E-state index contributed by atoms with van der Waals surface area (Å²) in [7, 11) is 0. The van der Waals surface area contributed by atoms with Gasteiger partial charge < -0.3 is 0 Å². The van der Waals surface area contributed by atoms with Gasteiger partial charge in [0.2, 0.25) is 0 Å². The van der Waals surface area contributed by atoms with Crippen molar-refractivity contribution in [1.29, 1.82) is 0 Å². The van der Waals surface area contributed by atoms with E-state index < -0.39 is 0 Å². The van der Waals surface area contributed by atoms with Crippen LogP contribution in [-0.4, -0.2) is 21.8 Å². The van der Waals surface area contributed by atoms with Crippen LogP contribution in [0.3, 0.4) is 0 Å². The van der Waals surface area contributed by atoms with Crippen molar-refractivity contribution in [3.8, 4) is 0 Å². The van der Waals surface area contributed by atoms with Crippen LogP contribution in [0, 0.1) is 0 Å². The molecule has 0 saturated carbocycles. The highest BCUT2D eigenvalue weighted by atomic mass is 79.9. The maximum absolute atomic E-state index is 12.9. The molecular weight excluding hydrogens is 424 g/mol. The number of hydrogen-bond acceptors (Lipinski definition) is 5. The van der Waals surface area contributed by atoms with E-state index in [2.05, 4.69) is 28.2 Å². The Morgan fingerprint density at radius 3 is 2.89 bits per heavy atom. The summed E-state index contributed by atoms with van der Waals surface area (Å²) >= 11 is 5.10. The number of thioether (sulfide) groups is 1. The van der Waals surface area contributed by atoms with Crippen molar-refractivity contribution in [2.75, 3.05) is 5.75 Å². The van der Waals surface area contributed by atoms with Gasteiger partial charge in [-0.2, -0.15) is 0 Å². The fraction of sp³-hybridized carbons (Fsp3) is 0.250. The molecule has 1 N–H and O–H groups in total. The Morgan fingerprint density at radius 2 is 2.07 bits per heavy atom. The number of amidine groups is 1. The SMILES string of the molecule is CCCCSC1=NN2C(=c3ccccc3=N[C@H]2c2cccc(Br)c2)C(=O)N1. The fourth-order valence-electron chi connectivity index (χ4n) is 3.09. The van der Waals surface area contributed by atoms with E-state index in [0.717, 1.165) is 39.2 Å². The second kappa shape index (κ2) is 7.86. The second-order valence-electron chi connectivity index (χ2n) is 6.33. The number of para-hydroxylation sites is 1. The van der Waals surface area contributed by atoms with E-state index in [9.17, 15) is 4.79 Å². The van der Waals surface area contributed by atoms with Crippen molar-refractivity contribution in [3.63, 3.8) is 0 Å². The molecular formula is C20H19BrN4OS. The van der Waals surface area contributed by atoms with Crippen molar-refractivity contribution < 1.29 is 4.79 Å². The van der Waals surface area contributed by atoms with E-state index in [1.165, 1.54) is 0 Å². The van der Waals surface area contributed by atoms with Crippen LogP contribution in [0.1, 0.15) is 31.5 Å². The van der Waals surface area contributed by atoms with Crippen LogP contribution in [0.25, 0.3) is 5.70 Å². The number of benzene rings is 2. The van der Waals surface area contributed by atoms with Gasteiger partial charge >= 0.3 is 0 Å². The van der Waals surface area contributed by atoms with E-state index in [-0.39, 0.29) is 12.1 Å². The summed E-state index contributed by atoms with van der Waals surface area (Å²) in [5.41, 5.74) is 1.53. The first-order chi connectivity index (χ1) is 13.2. The molecule has 2 aliphatic heterocycles. The average Bonchev–Trinajstić information content (AvgIpc) is 2.67. The molecule has 138 valence electrons. The number of rotatable bonds is 4. The van der Waals surface area contributed by atoms with Crippen LogP contribution in [0.5, 0.6) is 0 Å². The Labute approximate surface area is 170 Å². The Kier molecular flexibility index (Phi) is 5.31. The third-order valence-corrected chi connectivity index (χ3v) is 5.84. The molecule has 27 heavy (non-hydrogen) atoms. The standard InChI is InChI=1S/C20H19BrN4OS/c1-2-3-11-27-20-23-19(26)17-15-9-4-5-10-16(15)22-18(25(17)24-20)13-7-6-8-14(21)12-13/h4-10,12,18H,2-3,11H2,1H3,(H,23,24,26)/t18-/m1/s1. The maximum atomic E-state index is 12.9. The minimum Gasteiger partial charge on any atom is -0.298 e. The topological polar surface area (TPSA) is 57.1 Å². The number of fused-ring (bicyclic) bond motifs is 2. The van der Waals surface area contributed by atoms with Gasteiger partial charge in [0.15, 0.2) is 11.3 Å². The van der Waals surface area contributed by atoms with Crippen molar-refractivity contribution in [2.45, 2.75) is 25.9 Å². The Morgan fingerprint density at radius 1 is 1.22 bits per heavy atom. The molecule has 0 fully saturated rings. The smallest absolute Gasteiger partial charge is 0.276 e. The number of carbonyl (C=O) groups excluding carboxylic acids is 1. The van der Waals surface area contributed by atoms with E-state index in [1.54, 1.807) is 16.8 Å². The molecule has 0 aliphatic carbocycles. The molecule has 5 nitrogen and oxygen atoms in total. The summed E-state index contributed by atoms with van der Waals surface area (Å²) in [5.74, 6) is 0.792. The molecule has 2 aromatic carbocycles. The molecule has 2 heterocycles. The molecule has 1 amide bonds. The lowest BCUT2D eigenvalue weighted by Gasteiger charge is -2.34. The van der Waals surface area contributed by atoms with E-state index in [1.807, 2.05) is 48.5 Å². The molecule has 4 rings (SSSR count). The summed E-state index contributed by atoms with van der Waals surface area (Å²) in [6, 6.07) is 15.7. The number of hydrogen-bond donors (Lipinski definition) is 1. The number of nitrogens with zero attached hydrogens (tertiary/aromatic N) is 3. The van der Waals surface area contributed by atoms with Crippen LogP contribution in [-0.2, 0) is 4.79 Å². The fourth-order valence-corrected chi connectivity index (χ4v) is 4.44. The number of nitrogens with one attached hydrogen (secondary N) is 1. The van der Waals surface area contributed by atoms with Crippen LogP contribution in [0.4, 0.5) is 0 Å². The largest absolute Gasteiger partial charge is 0.298 e. The molecule has 0 saturated heterocycles. The molecule has 7 heteroatoms. The monoisotopic (exact) mass is 442 g/mol. The molecule has 2 aliphatic rings. The van der Waals surface area contributed by atoms with Gasteiger partial charge in [-0.05, 0) is 30.2 Å². The first-order valence-corrected chi connectivity index (χ1v) is 10.7. The molecule has 0 radical (unpaired) electrons. The number of halogens is 1. The van der Waals surface area contributed by atoms with Crippen molar-refractivity contribution >= 4 is 44.5 Å². The summed E-state index contributed by atoms with van der Waals surface area (Å²) < 4.78 is 0.971. The first kappa shape index (κ1) is 18.3. The molecule has 0 unspecified atom stereocenters. The summed E-state index contributed by atoms with van der Waals surface area (Å²) in [6.07, 6.45) is 1.82.